The third kappa shape index (κ3) is 5.74. The Labute approximate surface area is 173 Å². The summed E-state index contributed by atoms with van der Waals surface area (Å²) >= 11 is 0. The van der Waals surface area contributed by atoms with Crippen molar-refractivity contribution in [3.8, 4) is 0 Å². The molecule has 0 aromatic carbocycles. The molecule has 0 radical (unpaired) electrons. The number of hydrogen-bond acceptors (Lipinski definition) is 5. The number of guanidine groups is 1. The molecule has 8 nitrogen and oxygen atoms in total. The van der Waals surface area contributed by atoms with E-state index < -0.39 is 0 Å². The zero-order chi connectivity index (χ0) is 20.6. The number of nitrogens with zero attached hydrogens (tertiary/aromatic N) is 5. The molecule has 2 aromatic rings. The van der Waals surface area contributed by atoms with Crippen molar-refractivity contribution >= 4 is 11.6 Å². The molecule has 2 aromatic heterocycles. The Kier molecular flexibility index (Phi) is 7.55. The monoisotopic (exact) mass is 401 g/mol. The summed E-state index contributed by atoms with van der Waals surface area (Å²) in [5.74, 6) is 2.10. The van der Waals surface area contributed by atoms with Crippen LogP contribution in [0.1, 0.15) is 63.8 Å². The fourth-order valence-corrected chi connectivity index (χ4v) is 3.87. The van der Waals surface area contributed by atoms with Crippen LogP contribution in [0.5, 0.6) is 0 Å². The largest absolute Gasteiger partial charge is 0.367 e. The molecule has 0 spiro atoms. The Hall–Kier alpha value is -2.51. The average Bonchev–Trinajstić information content (AvgIpc) is 3.37. The highest BCUT2D eigenvalue weighted by atomic mass is 16.5. The van der Waals surface area contributed by atoms with Crippen LogP contribution in [0.2, 0.25) is 0 Å². The first-order chi connectivity index (χ1) is 14.1. The second kappa shape index (κ2) is 10.3. The molecule has 8 heteroatoms. The second-order valence-electron chi connectivity index (χ2n) is 7.73. The lowest BCUT2D eigenvalue weighted by atomic mass is 9.99. The van der Waals surface area contributed by atoms with Gasteiger partial charge in [-0.3, -0.25) is 4.68 Å². The lowest BCUT2D eigenvalue weighted by Crippen LogP contribution is -2.51. The van der Waals surface area contributed by atoms with E-state index in [9.17, 15) is 0 Å². The van der Waals surface area contributed by atoms with E-state index in [1.165, 1.54) is 5.69 Å². The van der Waals surface area contributed by atoms with Gasteiger partial charge in [0.1, 0.15) is 6.54 Å². The molecule has 0 saturated carbocycles. The minimum atomic E-state index is 0.344. The van der Waals surface area contributed by atoms with Crippen molar-refractivity contribution in [1.82, 2.24) is 25.6 Å². The number of aromatic nitrogens is 3. The van der Waals surface area contributed by atoms with Crippen LogP contribution in [0.25, 0.3) is 0 Å². The topological polar surface area (TPSA) is 83.5 Å². The first kappa shape index (κ1) is 21.2. The summed E-state index contributed by atoms with van der Waals surface area (Å²) in [7, 11) is 1.96. The minimum absolute atomic E-state index is 0.344. The maximum absolute atomic E-state index is 5.51. The molecule has 1 aliphatic rings. The molecule has 29 heavy (non-hydrogen) atoms. The number of piperidine rings is 1. The third-order valence-corrected chi connectivity index (χ3v) is 5.54. The van der Waals surface area contributed by atoms with Crippen LogP contribution in [-0.4, -0.2) is 46.6 Å². The van der Waals surface area contributed by atoms with E-state index in [-0.39, 0.29) is 0 Å². The van der Waals surface area contributed by atoms with Gasteiger partial charge in [-0.05, 0) is 32.6 Å². The normalized spacial score (nSPS) is 17.8. The van der Waals surface area contributed by atoms with E-state index in [0.717, 1.165) is 62.7 Å². The Morgan fingerprint density at radius 3 is 2.86 bits per heavy atom. The summed E-state index contributed by atoms with van der Waals surface area (Å²) in [6, 6.07) is 2.40. The van der Waals surface area contributed by atoms with Gasteiger partial charge in [0.25, 0.3) is 0 Å². The highest BCUT2D eigenvalue weighted by Gasteiger charge is 2.22. The predicted molar refractivity (Wildman–Crippen MR) is 116 cm³/mol. The highest BCUT2D eigenvalue weighted by Crippen LogP contribution is 2.23. The maximum atomic E-state index is 5.51. The quantitative estimate of drug-likeness (QED) is 0.523. The zero-order valence-electron chi connectivity index (χ0n) is 18.2. The summed E-state index contributed by atoms with van der Waals surface area (Å²) in [6.45, 7) is 9.77. The summed E-state index contributed by atoms with van der Waals surface area (Å²) in [4.78, 5) is 7.11. The molecule has 1 unspecified atom stereocenters. The Balaban J connectivity index is 1.60. The first-order valence-electron chi connectivity index (χ1n) is 10.9. The Morgan fingerprint density at radius 2 is 2.17 bits per heavy atom. The van der Waals surface area contributed by atoms with E-state index in [1.54, 1.807) is 0 Å². The Morgan fingerprint density at radius 1 is 1.34 bits per heavy atom. The summed E-state index contributed by atoms with van der Waals surface area (Å²) < 4.78 is 7.37. The molecule has 3 heterocycles. The van der Waals surface area contributed by atoms with Crippen molar-refractivity contribution in [2.24, 2.45) is 12.0 Å². The lowest BCUT2D eigenvalue weighted by Gasteiger charge is -2.34. The maximum Gasteiger partial charge on any atom is 0.191 e. The summed E-state index contributed by atoms with van der Waals surface area (Å²) in [5.41, 5.74) is 2.22. The second-order valence-corrected chi connectivity index (χ2v) is 7.73. The highest BCUT2D eigenvalue weighted by molar-refractivity contribution is 5.80. The van der Waals surface area contributed by atoms with Gasteiger partial charge in [-0.25, -0.2) is 4.99 Å². The van der Waals surface area contributed by atoms with Crippen molar-refractivity contribution in [1.29, 1.82) is 0 Å². The summed E-state index contributed by atoms with van der Waals surface area (Å²) in [5, 5.41) is 15.5. The van der Waals surface area contributed by atoms with Crippen LogP contribution in [0.15, 0.2) is 28.0 Å². The van der Waals surface area contributed by atoms with E-state index in [0.29, 0.717) is 18.5 Å². The molecule has 1 fully saturated rings. The molecule has 3 rings (SSSR count). The molecule has 2 N–H and O–H groups in total. The standard InChI is InChI=1S/C21H35N7O/c1-5-16(6-2)20-11-19(29-26-20)13-23-21(22-7-3)25-17-9-8-10-28(14-17)18-12-24-27(4)15-18/h11-12,15-17H,5-10,13-14H2,1-4H3,(H2,22,23,25). The van der Waals surface area contributed by atoms with E-state index in [4.69, 9.17) is 9.52 Å². The average molecular weight is 402 g/mol. The Bertz CT molecular complexity index is 778. The van der Waals surface area contributed by atoms with Crippen LogP contribution in [-0.2, 0) is 13.6 Å². The van der Waals surface area contributed by atoms with Crippen LogP contribution >= 0.6 is 0 Å². The van der Waals surface area contributed by atoms with Gasteiger partial charge in [-0.2, -0.15) is 5.10 Å². The molecule has 0 amide bonds. The number of aliphatic imine (C=N–C) groups is 1. The van der Waals surface area contributed by atoms with Gasteiger partial charge in [0.05, 0.1) is 17.6 Å². The lowest BCUT2D eigenvalue weighted by molar-refractivity contribution is 0.372. The molecule has 160 valence electrons. The zero-order valence-corrected chi connectivity index (χ0v) is 18.2. The van der Waals surface area contributed by atoms with Gasteiger partial charge >= 0.3 is 0 Å². The number of rotatable bonds is 8. The molecule has 1 atom stereocenters. The smallest absolute Gasteiger partial charge is 0.191 e. The van der Waals surface area contributed by atoms with Crippen LogP contribution in [0.4, 0.5) is 5.69 Å². The molecule has 1 aliphatic heterocycles. The number of aryl methyl sites for hydroxylation is 1. The van der Waals surface area contributed by atoms with E-state index in [2.05, 4.69) is 58.8 Å². The van der Waals surface area contributed by atoms with E-state index >= 15 is 0 Å². The third-order valence-electron chi connectivity index (χ3n) is 5.54. The SMILES string of the molecule is CCNC(=NCc1cc(C(CC)CC)no1)NC1CCCN(c2cnn(C)c2)C1. The fourth-order valence-electron chi connectivity index (χ4n) is 3.87. The molecular weight excluding hydrogens is 366 g/mol. The van der Waals surface area contributed by atoms with Crippen molar-refractivity contribution < 1.29 is 4.52 Å². The van der Waals surface area contributed by atoms with Crippen LogP contribution < -0.4 is 15.5 Å². The summed E-state index contributed by atoms with van der Waals surface area (Å²) in [6.07, 6.45) is 8.43. The van der Waals surface area contributed by atoms with Gasteiger partial charge in [0.15, 0.2) is 11.7 Å². The molecule has 1 saturated heterocycles. The molecular formula is C21H35N7O. The van der Waals surface area contributed by atoms with Crippen molar-refractivity contribution in [2.45, 2.75) is 65.0 Å². The van der Waals surface area contributed by atoms with E-state index in [1.807, 2.05) is 17.9 Å². The van der Waals surface area contributed by atoms with Crippen molar-refractivity contribution in [2.75, 3.05) is 24.5 Å². The predicted octanol–water partition coefficient (Wildman–Crippen LogP) is 3.04. The molecule has 0 aliphatic carbocycles. The van der Waals surface area contributed by atoms with Gasteiger partial charge in [-0.1, -0.05) is 19.0 Å². The fraction of sp³-hybridized carbons (Fsp3) is 0.667. The first-order valence-corrected chi connectivity index (χ1v) is 10.9. The van der Waals surface area contributed by atoms with Gasteiger partial charge in [-0.15, -0.1) is 0 Å². The number of hydrogen-bond donors (Lipinski definition) is 2. The molecule has 0 bridgehead atoms. The van der Waals surface area contributed by atoms with Gasteiger partial charge in [0.2, 0.25) is 0 Å². The van der Waals surface area contributed by atoms with Crippen molar-refractivity contribution in [3.05, 3.63) is 29.9 Å². The number of anilines is 1. The van der Waals surface area contributed by atoms with Crippen LogP contribution in [0.3, 0.4) is 0 Å². The minimum Gasteiger partial charge on any atom is -0.367 e. The van der Waals surface area contributed by atoms with Crippen molar-refractivity contribution in [3.63, 3.8) is 0 Å². The van der Waals surface area contributed by atoms with Gasteiger partial charge < -0.3 is 20.1 Å². The van der Waals surface area contributed by atoms with Gasteiger partial charge in [0, 0.05) is 50.9 Å². The van der Waals surface area contributed by atoms with Crippen LogP contribution in [0, 0.1) is 0 Å². The number of nitrogens with one attached hydrogen (secondary N) is 2.